The van der Waals surface area contributed by atoms with Crippen molar-refractivity contribution in [1.82, 2.24) is 9.88 Å². The fourth-order valence-electron chi connectivity index (χ4n) is 2.21. The number of benzene rings is 1. The molecule has 0 aliphatic rings. The van der Waals surface area contributed by atoms with Crippen LogP contribution >= 0.6 is 11.3 Å². The molecule has 0 saturated heterocycles. The van der Waals surface area contributed by atoms with Gasteiger partial charge >= 0.3 is 0 Å². The number of hydrogen-bond donors (Lipinski definition) is 2. The Hall–Kier alpha value is -2.45. The normalized spacial score (nSPS) is 10.4. The monoisotopic (exact) mass is 362 g/mol. The van der Waals surface area contributed by atoms with E-state index in [1.165, 1.54) is 16.2 Å². The van der Waals surface area contributed by atoms with E-state index in [0.29, 0.717) is 36.6 Å². The lowest BCUT2D eigenvalue weighted by molar-refractivity contribution is -0.116. The van der Waals surface area contributed by atoms with Gasteiger partial charge in [0.15, 0.2) is 0 Å². The molecule has 0 aliphatic carbocycles. The highest BCUT2D eigenvalue weighted by Gasteiger charge is 2.20. The standard InChI is InChI=1S/C17H22N4O3S/c1-3-21(17(23)14-11-25-16(20-14)7-8-18)10-15(22)19-12-5-4-6-13(9-12)24-2/h4-6,9,11H,3,7-8,10,18H2,1-2H3,(H,19,22). The largest absolute Gasteiger partial charge is 0.497 e. The Labute approximate surface area is 150 Å². The number of nitrogens with one attached hydrogen (secondary N) is 1. The molecule has 7 nitrogen and oxygen atoms in total. The third-order valence-corrected chi connectivity index (χ3v) is 4.39. The summed E-state index contributed by atoms with van der Waals surface area (Å²) in [7, 11) is 1.56. The summed E-state index contributed by atoms with van der Waals surface area (Å²) in [4.78, 5) is 30.5. The Kier molecular flexibility index (Phi) is 6.91. The maximum Gasteiger partial charge on any atom is 0.273 e. The van der Waals surface area contributed by atoms with Crippen LogP contribution in [0.4, 0.5) is 5.69 Å². The van der Waals surface area contributed by atoms with Crippen LogP contribution in [-0.2, 0) is 11.2 Å². The van der Waals surface area contributed by atoms with Crippen LogP contribution in [-0.4, -0.2) is 48.4 Å². The molecule has 2 amide bonds. The average molecular weight is 362 g/mol. The lowest BCUT2D eigenvalue weighted by atomic mass is 10.3. The van der Waals surface area contributed by atoms with Gasteiger partial charge in [0.2, 0.25) is 5.91 Å². The molecular formula is C17H22N4O3S. The summed E-state index contributed by atoms with van der Waals surface area (Å²) in [5.74, 6) is 0.111. The van der Waals surface area contributed by atoms with Crippen molar-refractivity contribution in [2.45, 2.75) is 13.3 Å². The van der Waals surface area contributed by atoms with E-state index < -0.39 is 0 Å². The molecule has 0 fully saturated rings. The van der Waals surface area contributed by atoms with Crippen LogP contribution in [0, 0.1) is 0 Å². The first-order valence-electron chi connectivity index (χ1n) is 7.95. The quantitative estimate of drug-likeness (QED) is 0.746. The van der Waals surface area contributed by atoms with E-state index in [0.717, 1.165) is 5.01 Å². The predicted octanol–water partition coefficient (Wildman–Crippen LogP) is 1.75. The molecule has 2 aromatic rings. The first-order chi connectivity index (χ1) is 12.1. The molecule has 3 N–H and O–H groups in total. The summed E-state index contributed by atoms with van der Waals surface area (Å²) in [5.41, 5.74) is 6.47. The Balaban J connectivity index is 1.99. The second-order valence-electron chi connectivity index (χ2n) is 5.26. The molecule has 134 valence electrons. The minimum absolute atomic E-state index is 0.0453. The van der Waals surface area contributed by atoms with Gasteiger partial charge in [0, 0.05) is 30.1 Å². The number of rotatable bonds is 8. The fraction of sp³-hybridized carbons (Fsp3) is 0.353. The SMILES string of the molecule is CCN(CC(=O)Nc1cccc(OC)c1)C(=O)c1csc(CCN)n1. The van der Waals surface area contributed by atoms with Crippen LogP contribution in [0.2, 0.25) is 0 Å². The summed E-state index contributed by atoms with van der Waals surface area (Å²) < 4.78 is 5.13. The molecule has 1 aromatic carbocycles. The number of amides is 2. The van der Waals surface area contributed by atoms with E-state index in [-0.39, 0.29) is 18.4 Å². The van der Waals surface area contributed by atoms with E-state index in [9.17, 15) is 9.59 Å². The van der Waals surface area contributed by atoms with Crippen molar-refractivity contribution in [2.75, 3.05) is 32.1 Å². The van der Waals surface area contributed by atoms with Crippen molar-refractivity contribution in [3.63, 3.8) is 0 Å². The van der Waals surface area contributed by atoms with Crippen molar-refractivity contribution in [3.8, 4) is 5.75 Å². The zero-order chi connectivity index (χ0) is 18.2. The summed E-state index contributed by atoms with van der Waals surface area (Å²) in [6.07, 6.45) is 0.639. The molecule has 0 bridgehead atoms. The van der Waals surface area contributed by atoms with Crippen molar-refractivity contribution < 1.29 is 14.3 Å². The molecule has 0 aliphatic heterocycles. The number of aromatic nitrogens is 1. The number of carbonyl (C=O) groups is 2. The number of nitrogens with two attached hydrogens (primary N) is 1. The Morgan fingerprint density at radius 2 is 2.20 bits per heavy atom. The highest BCUT2D eigenvalue weighted by molar-refractivity contribution is 7.09. The maximum absolute atomic E-state index is 12.5. The number of nitrogens with zero attached hydrogens (tertiary/aromatic N) is 2. The predicted molar refractivity (Wildman–Crippen MR) is 98.1 cm³/mol. The first-order valence-corrected chi connectivity index (χ1v) is 8.83. The second-order valence-corrected chi connectivity index (χ2v) is 6.21. The zero-order valence-corrected chi connectivity index (χ0v) is 15.1. The number of thiazole rings is 1. The number of likely N-dealkylation sites (N-methyl/N-ethyl adjacent to an activating group) is 1. The molecule has 1 heterocycles. The van der Waals surface area contributed by atoms with Crippen LogP contribution in [0.5, 0.6) is 5.75 Å². The topological polar surface area (TPSA) is 97.6 Å². The third-order valence-electron chi connectivity index (χ3n) is 3.49. The van der Waals surface area contributed by atoms with Crippen molar-refractivity contribution >= 4 is 28.8 Å². The van der Waals surface area contributed by atoms with E-state index in [2.05, 4.69) is 10.3 Å². The van der Waals surface area contributed by atoms with Gasteiger partial charge in [0.05, 0.1) is 12.1 Å². The lowest BCUT2D eigenvalue weighted by Gasteiger charge is -2.19. The molecule has 2 rings (SSSR count). The molecule has 0 unspecified atom stereocenters. The van der Waals surface area contributed by atoms with Crippen molar-refractivity contribution in [1.29, 1.82) is 0 Å². The van der Waals surface area contributed by atoms with E-state index in [1.807, 2.05) is 6.92 Å². The average Bonchev–Trinajstić information content (AvgIpc) is 3.08. The first kappa shape index (κ1) is 18.9. The molecule has 0 atom stereocenters. The van der Waals surface area contributed by atoms with E-state index in [1.54, 1.807) is 36.8 Å². The molecule has 0 saturated carbocycles. The van der Waals surface area contributed by atoms with Crippen molar-refractivity contribution in [2.24, 2.45) is 5.73 Å². The van der Waals surface area contributed by atoms with Crippen LogP contribution in [0.15, 0.2) is 29.6 Å². The Morgan fingerprint density at radius 3 is 2.88 bits per heavy atom. The van der Waals surface area contributed by atoms with Crippen molar-refractivity contribution in [3.05, 3.63) is 40.3 Å². The molecule has 8 heteroatoms. The summed E-state index contributed by atoms with van der Waals surface area (Å²) in [6.45, 7) is 2.68. The number of methoxy groups -OCH3 is 1. The van der Waals surface area contributed by atoms with Gasteiger partial charge in [-0.15, -0.1) is 11.3 Å². The van der Waals surface area contributed by atoms with Gasteiger partial charge in [-0.3, -0.25) is 9.59 Å². The van der Waals surface area contributed by atoms with Crippen LogP contribution in [0.1, 0.15) is 22.4 Å². The van der Waals surface area contributed by atoms with Crippen LogP contribution < -0.4 is 15.8 Å². The molecule has 25 heavy (non-hydrogen) atoms. The number of hydrogen-bond acceptors (Lipinski definition) is 6. The van der Waals surface area contributed by atoms with Gasteiger partial charge in [-0.05, 0) is 25.6 Å². The van der Waals surface area contributed by atoms with Crippen LogP contribution in [0.3, 0.4) is 0 Å². The highest BCUT2D eigenvalue weighted by Crippen LogP contribution is 2.17. The molecular weight excluding hydrogens is 340 g/mol. The third kappa shape index (κ3) is 5.27. The van der Waals surface area contributed by atoms with Gasteiger partial charge in [-0.25, -0.2) is 4.98 Å². The van der Waals surface area contributed by atoms with Gasteiger partial charge in [0.25, 0.3) is 5.91 Å². The maximum atomic E-state index is 12.5. The molecule has 0 spiro atoms. The second kappa shape index (κ2) is 9.14. The smallest absolute Gasteiger partial charge is 0.273 e. The van der Waals surface area contributed by atoms with E-state index >= 15 is 0 Å². The van der Waals surface area contributed by atoms with Gasteiger partial charge < -0.3 is 20.7 Å². The number of ether oxygens (including phenoxy) is 1. The summed E-state index contributed by atoms with van der Waals surface area (Å²) in [6, 6.07) is 7.05. The van der Waals surface area contributed by atoms with E-state index in [4.69, 9.17) is 10.5 Å². The van der Waals surface area contributed by atoms with Gasteiger partial charge in [0.1, 0.15) is 18.0 Å². The van der Waals surface area contributed by atoms with Gasteiger partial charge in [-0.2, -0.15) is 0 Å². The summed E-state index contributed by atoms with van der Waals surface area (Å²) in [5, 5.41) is 5.29. The zero-order valence-electron chi connectivity index (χ0n) is 14.3. The fourth-order valence-corrected chi connectivity index (χ4v) is 3.00. The number of anilines is 1. The molecule has 1 aromatic heterocycles. The lowest BCUT2D eigenvalue weighted by Crippen LogP contribution is -2.38. The van der Waals surface area contributed by atoms with Crippen LogP contribution in [0.25, 0.3) is 0 Å². The minimum atomic E-state index is -0.277. The molecule has 0 radical (unpaired) electrons. The minimum Gasteiger partial charge on any atom is -0.497 e. The Bertz CT molecular complexity index is 732. The number of carbonyl (C=O) groups excluding carboxylic acids is 2. The Morgan fingerprint density at radius 1 is 1.40 bits per heavy atom. The summed E-state index contributed by atoms with van der Waals surface area (Å²) >= 11 is 1.40. The van der Waals surface area contributed by atoms with Gasteiger partial charge in [-0.1, -0.05) is 6.07 Å². The highest BCUT2D eigenvalue weighted by atomic mass is 32.1.